The van der Waals surface area contributed by atoms with Gasteiger partial charge in [0.1, 0.15) is 18.5 Å². The van der Waals surface area contributed by atoms with E-state index in [4.69, 9.17) is 23.6 Å². The quantitative estimate of drug-likeness (QED) is 0.0168. The predicted molar refractivity (Wildman–Crippen MR) is 243 cm³/mol. The topological polar surface area (TPSA) is 206 Å². The van der Waals surface area contributed by atoms with Gasteiger partial charge in [0.05, 0.1) is 32.0 Å². The number of phosphoric acid groups is 1. The lowest BCUT2D eigenvalue weighted by atomic mass is 9.88. The number of ketones is 1. The Morgan fingerprint density at radius 2 is 1.21 bits per heavy atom. The van der Waals surface area contributed by atoms with E-state index in [2.05, 4.69) is 20.8 Å². The van der Waals surface area contributed by atoms with Crippen molar-refractivity contribution in [1.82, 2.24) is 0 Å². The van der Waals surface area contributed by atoms with Gasteiger partial charge in [-0.2, -0.15) is 0 Å². The number of Topliss-reactive ketones (excluding diaryl/α,β-unsaturated/α-hetero) is 1. The average molecular weight is 905 g/mol. The smallest absolute Gasteiger partial charge is 0.462 e. The lowest BCUT2D eigenvalue weighted by molar-refractivity contribution is -0.161. The molecule has 1 saturated carbocycles. The Bertz CT molecular complexity index is 1210. The van der Waals surface area contributed by atoms with E-state index in [0.717, 1.165) is 57.3 Å². The fourth-order valence-electron chi connectivity index (χ4n) is 7.90. The first kappa shape index (κ1) is 58.3. The van der Waals surface area contributed by atoms with Gasteiger partial charge in [-0.15, -0.1) is 0 Å². The van der Waals surface area contributed by atoms with Crippen molar-refractivity contribution in [3.8, 4) is 0 Å². The van der Waals surface area contributed by atoms with Crippen LogP contribution in [0.15, 0.2) is 12.2 Å². The highest BCUT2D eigenvalue weighted by Crippen LogP contribution is 2.43. The van der Waals surface area contributed by atoms with E-state index in [-0.39, 0.29) is 43.5 Å². The van der Waals surface area contributed by atoms with E-state index < -0.39 is 64.0 Å². The largest absolute Gasteiger partial charge is 0.472 e. The Labute approximate surface area is 375 Å². The number of carbonyl (C=O) groups is 3. The summed E-state index contributed by atoms with van der Waals surface area (Å²) in [6, 6.07) is 0. The fourth-order valence-corrected chi connectivity index (χ4v) is 8.69. The minimum atomic E-state index is -4.69. The molecule has 0 saturated heterocycles. The molecule has 1 rings (SSSR count). The van der Waals surface area contributed by atoms with Crippen LogP contribution in [0, 0.1) is 17.8 Å². The van der Waals surface area contributed by atoms with Crippen LogP contribution < -0.4 is 0 Å². The summed E-state index contributed by atoms with van der Waals surface area (Å²) in [6.45, 7) is 4.38. The van der Waals surface area contributed by atoms with Gasteiger partial charge in [0.15, 0.2) is 6.10 Å². The van der Waals surface area contributed by atoms with E-state index in [1.807, 2.05) is 0 Å². The van der Waals surface area contributed by atoms with Crippen molar-refractivity contribution in [2.24, 2.45) is 17.8 Å². The van der Waals surface area contributed by atoms with E-state index in [1.165, 1.54) is 83.5 Å². The van der Waals surface area contributed by atoms with Gasteiger partial charge in [-0.1, -0.05) is 174 Å². The predicted octanol–water partition coefficient (Wildman–Crippen LogP) is 10.0. The van der Waals surface area contributed by atoms with Gasteiger partial charge >= 0.3 is 19.8 Å². The Hall–Kier alpha value is -1.70. The molecular weight excluding hydrogens is 815 g/mol. The lowest BCUT2D eigenvalue weighted by Gasteiger charge is -2.20. The zero-order chi connectivity index (χ0) is 45.9. The molecular formula is C48H89O13P. The monoisotopic (exact) mass is 905 g/mol. The summed E-state index contributed by atoms with van der Waals surface area (Å²) in [5.41, 5.74) is 0. The summed E-state index contributed by atoms with van der Waals surface area (Å²) in [6.07, 6.45) is 27.9. The van der Waals surface area contributed by atoms with Crippen LogP contribution in [0.5, 0.6) is 0 Å². The van der Waals surface area contributed by atoms with Crippen molar-refractivity contribution in [1.29, 1.82) is 0 Å². The van der Waals surface area contributed by atoms with E-state index in [1.54, 1.807) is 12.2 Å². The second-order valence-electron chi connectivity index (χ2n) is 18.1. The molecule has 0 bridgehead atoms. The molecule has 0 aliphatic heterocycles. The van der Waals surface area contributed by atoms with Gasteiger partial charge < -0.3 is 34.8 Å². The standard InChI is InChI=1S/C48H89O13P/c1-4-5-22-28-40(50)32-33-44-43(45(52)34-46(44)53)29-24-20-21-26-31-48(55)61-42(38-60-62(56,57)59-36-41(51)35-49)37-58-47(54)30-25-19-17-15-13-11-9-7-6-8-10-12-14-16-18-23-27-39(2)3/h32-33,39-44,46,49-51,53H,4-31,34-38H2,1-3H3,(H,56,57)/b33-32+/t40-,41-,42+,43+,44+,46+/m0/s1. The van der Waals surface area contributed by atoms with Crippen LogP contribution in [0.3, 0.4) is 0 Å². The highest BCUT2D eigenvalue weighted by molar-refractivity contribution is 7.47. The Morgan fingerprint density at radius 1 is 0.710 bits per heavy atom. The number of aliphatic hydroxyl groups is 4. The molecule has 5 N–H and O–H groups in total. The maximum atomic E-state index is 12.8. The van der Waals surface area contributed by atoms with Crippen LogP contribution in [0.1, 0.15) is 207 Å². The number of hydrogen-bond donors (Lipinski definition) is 5. The van der Waals surface area contributed by atoms with E-state index in [0.29, 0.717) is 32.1 Å². The molecule has 14 heteroatoms. The van der Waals surface area contributed by atoms with Crippen LogP contribution in [0.4, 0.5) is 0 Å². The zero-order valence-corrected chi connectivity index (χ0v) is 39.9. The molecule has 7 atom stereocenters. The maximum absolute atomic E-state index is 12.8. The second-order valence-corrected chi connectivity index (χ2v) is 19.6. The van der Waals surface area contributed by atoms with E-state index >= 15 is 0 Å². The number of hydrogen-bond acceptors (Lipinski definition) is 12. The average Bonchev–Trinajstić information content (AvgIpc) is 3.51. The van der Waals surface area contributed by atoms with Gasteiger partial charge in [-0.25, -0.2) is 4.57 Å². The summed E-state index contributed by atoms with van der Waals surface area (Å²) < 4.78 is 32.8. The van der Waals surface area contributed by atoms with Crippen LogP contribution in [-0.4, -0.2) is 93.9 Å². The molecule has 0 amide bonds. The van der Waals surface area contributed by atoms with Crippen molar-refractivity contribution >= 4 is 25.5 Å². The molecule has 13 nitrogen and oxygen atoms in total. The third-order valence-electron chi connectivity index (χ3n) is 11.7. The number of phosphoric ester groups is 1. The first-order valence-corrected chi connectivity index (χ1v) is 26.1. The maximum Gasteiger partial charge on any atom is 0.472 e. The Morgan fingerprint density at radius 3 is 1.76 bits per heavy atom. The SMILES string of the molecule is CCCCC[C@H](O)/C=C/[C@H]1[C@H](O)CC(=O)[C@@H]1CCCCCCC(=O)O[C@H](COC(=O)CCCCCCCCCCCCCCCCCCC(C)C)COP(=O)(O)OC[C@@H](O)CO. The molecule has 1 aliphatic carbocycles. The normalized spacial score (nSPS) is 19.2. The molecule has 0 radical (unpaired) electrons. The van der Waals surface area contributed by atoms with Gasteiger partial charge in [-0.3, -0.25) is 23.4 Å². The molecule has 1 fully saturated rings. The van der Waals surface area contributed by atoms with Crippen molar-refractivity contribution in [2.75, 3.05) is 26.4 Å². The lowest BCUT2D eigenvalue weighted by Crippen LogP contribution is -2.29. The number of unbranched alkanes of at least 4 members (excludes halogenated alkanes) is 20. The third kappa shape index (κ3) is 32.0. The van der Waals surface area contributed by atoms with Gasteiger partial charge in [0.25, 0.3) is 0 Å². The summed E-state index contributed by atoms with van der Waals surface area (Å²) in [4.78, 5) is 47.9. The minimum Gasteiger partial charge on any atom is -0.462 e. The van der Waals surface area contributed by atoms with Crippen molar-refractivity contribution in [2.45, 2.75) is 231 Å². The molecule has 0 aromatic heterocycles. The molecule has 364 valence electrons. The van der Waals surface area contributed by atoms with Crippen LogP contribution in [0.25, 0.3) is 0 Å². The Balaban J connectivity index is 2.36. The van der Waals surface area contributed by atoms with Crippen LogP contribution >= 0.6 is 7.82 Å². The summed E-state index contributed by atoms with van der Waals surface area (Å²) in [7, 11) is -4.69. The molecule has 1 unspecified atom stereocenters. The molecule has 1 aliphatic rings. The number of aliphatic hydroxyl groups excluding tert-OH is 4. The van der Waals surface area contributed by atoms with Crippen LogP contribution in [0.2, 0.25) is 0 Å². The highest BCUT2D eigenvalue weighted by atomic mass is 31.2. The van der Waals surface area contributed by atoms with Crippen molar-refractivity contribution in [3.63, 3.8) is 0 Å². The van der Waals surface area contributed by atoms with Gasteiger partial charge in [-0.05, 0) is 31.6 Å². The summed E-state index contributed by atoms with van der Waals surface area (Å²) in [5, 5.41) is 39.2. The first-order valence-electron chi connectivity index (χ1n) is 24.6. The van der Waals surface area contributed by atoms with Crippen molar-refractivity contribution < 1.29 is 62.8 Å². The van der Waals surface area contributed by atoms with Gasteiger partial charge in [0.2, 0.25) is 0 Å². The Kier molecular flexibility index (Phi) is 35.3. The van der Waals surface area contributed by atoms with Crippen LogP contribution in [-0.2, 0) is 37.5 Å². The molecule has 62 heavy (non-hydrogen) atoms. The summed E-state index contributed by atoms with van der Waals surface area (Å²) >= 11 is 0. The molecule has 0 aromatic rings. The first-order chi connectivity index (χ1) is 29.8. The summed E-state index contributed by atoms with van der Waals surface area (Å²) in [5.74, 6) is -0.852. The second kappa shape index (κ2) is 37.5. The number of esters is 2. The highest BCUT2D eigenvalue weighted by Gasteiger charge is 2.39. The fraction of sp³-hybridized carbons (Fsp3) is 0.896. The molecule has 0 heterocycles. The zero-order valence-electron chi connectivity index (χ0n) is 39.0. The van der Waals surface area contributed by atoms with E-state index in [9.17, 15) is 39.2 Å². The molecule has 0 spiro atoms. The number of ether oxygens (including phenoxy) is 2. The number of carbonyl (C=O) groups excluding carboxylic acids is 3. The van der Waals surface area contributed by atoms with Crippen molar-refractivity contribution in [3.05, 3.63) is 12.2 Å². The number of rotatable bonds is 42. The minimum absolute atomic E-state index is 0.0258. The third-order valence-corrected chi connectivity index (χ3v) is 12.7. The molecule has 0 aromatic carbocycles. The van der Waals surface area contributed by atoms with Gasteiger partial charge in [0, 0.05) is 31.1 Å².